The molecular formula is C18H36N4O3S. The van der Waals surface area contributed by atoms with Crippen LogP contribution in [0.4, 0.5) is 4.79 Å². The molecule has 7 nitrogen and oxygen atoms in total. The van der Waals surface area contributed by atoms with Gasteiger partial charge in [0.05, 0.1) is 5.75 Å². The summed E-state index contributed by atoms with van der Waals surface area (Å²) in [5, 5.41) is 9.76. The molecule has 0 aromatic carbocycles. The average molecular weight is 389 g/mol. The third-order valence-corrected chi connectivity index (χ3v) is 7.25. The normalized spacial score (nSPS) is 25.0. The minimum absolute atomic E-state index is 0.0152. The smallest absolute Gasteiger partial charge is 0.315 e. The standard InChI is InChI=1S/C18H36N4O3S/c1-6-11-26(24,25)22-9-7-14(8-10-22)19-16(23)20-15-12-17(2,3)21-18(4,5)13-15/h14-15,21H,6-13H2,1-5H3,(H2,19,20,23). The first-order valence-electron chi connectivity index (χ1n) is 9.77. The van der Waals surface area contributed by atoms with E-state index in [2.05, 4.69) is 43.6 Å². The molecule has 2 fully saturated rings. The second-order valence-corrected chi connectivity index (χ2v) is 11.2. The fourth-order valence-electron chi connectivity index (χ4n) is 4.50. The molecule has 2 amide bonds. The summed E-state index contributed by atoms with van der Waals surface area (Å²) in [5.74, 6) is 0.201. The van der Waals surface area contributed by atoms with Crippen LogP contribution < -0.4 is 16.0 Å². The topological polar surface area (TPSA) is 90.5 Å². The molecule has 0 radical (unpaired) electrons. The molecule has 0 aromatic heterocycles. The maximum atomic E-state index is 12.4. The van der Waals surface area contributed by atoms with Crippen LogP contribution in [0, 0.1) is 0 Å². The second kappa shape index (κ2) is 8.02. The van der Waals surface area contributed by atoms with Crippen molar-refractivity contribution >= 4 is 16.1 Å². The molecule has 0 bridgehead atoms. The Bertz CT molecular complexity index is 580. The van der Waals surface area contributed by atoms with Crippen LogP contribution in [0.1, 0.15) is 66.7 Å². The Morgan fingerprint density at radius 2 is 1.54 bits per heavy atom. The van der Waals surface area contributed by atoms with Gasteiger partial charge in [-0.05, 0) is 59.8 Å². The molecule has 3 N–H and O–H groups in total. The van der Waals surface area contributed by atoms with Gasteiger partial charge < -0.3 is 16.0 Å². The highest BCUT2D eigenvalue weighted by Gasteiger charge is 2.38. The van der Waals surface area contributed by atoms with Crippen molar-refractivity contribution in [1.29, 1.82) is 0 Å². The lowest BCUT2D eigenvalue weighted by Gasteiger charge is -2.46. The lowest BCUT2D eigenvalue weighted by Crippen LogP contribution is -2.63. The SMILES string of the molecule is CCCS(=O)(=O)N1CCC(NC(=O)NC2CC(C)(C)NC(C)(C)C2)CC1. The van der Waals surface area contributed by atoms with Crippen LogP contribution in [0.5, 0.6) is 0 Å². The fourth-order valence-corrected chi connectivity index (χ4v) is 6.04. The van der Waals surface area contributed by atoms with Gasteiger partial charge in [0.15, 0.2) is 0 Å². The highest BCUT2D eigenvalue weighted by atomic mass is 32.2. The van der Waals surface area contributed by atoms with E-state index in [1.165, 1.54) is 0 Å². The highest BCUT2D eigenvalue weighted by Crippen LogP contribution is 2.28. The van der Waals surface area contributed by atoms with E-state index < -0.39 is 10.0 Å². The van der Waals surface area contributed by atoms with Gasteiger partial charge in [0, 0.05) is 36.3 Å². The number of amides is 2. The third kappa shape index (κ3) is 6.09. The van der Waals surface area contributed by atoms with E-state index in [1.807, 2.05) is 6.92 Å². The maximum absolute atomic E-state index is 12.4. The number of rotatable bonds is 5. The van der Waals surface area contributed by atoms with Crippen LogP contribution in [-0.4, -0.2) is 60.8 Å². The van der Waals surface area contributed by atoms with Crippen molar-refractivity contribution in [2.45, 2.75) is 89.9 Å². The van der Waals surface area contributed by atoms with Crippen molar-refractivity contribution in [2.24, 2.45) is 0 Å². The fraction of sp³-hybridized carbons (Fsp3) is 0.944. The van der Waals surface area contributed by atoms with Gasteiger partial charge in [0.25, 0.3) is 0 Å². The number of urea groups is 1. The maximum Gasteiger partial charge on any atom is 0.315 e. The van der Waals surface area contributed by atoms with Gasteiger partial charge in [-0.25, -0.2) is 17.5 Å². The van der Waals surface area contributed by atoms with Crippen molar-refractivity contribution in [3.8, 4) is 0 Å². The molecular weight excluding hydrogens is 352 g/mol. The first-order chi connectivity index (χ1) is 11.9. The third-order valence-electron chi connectivity index (χ3n) is 5.17. The molecule has 0 saturated carbocycles. The van der Waals surface area contributed by atoms with E-state index in [4.69, 9.17) is 0 Å². The Morgan fingerprint density at radius 3 is 2.04 bits per heavy atom. The lowest BCUT2D eigenvalue weighted by atomic mass is 9.80. The van der Waals surface area contributed by atoms with Crippen molar-refractivity contribution in [1.82, 2.24) is 20.3 Å². The molecule has 0 aromatic rings. The summed E-state index contributed by atoms with van der Waals surface area (Å²) < 4.78 is 25.8. The summed E-state index contributed by atoms with van der Waals surface area (Å²) >= 11 is 0. The van der Waals surface area contributed by atoms with E-state index in [0.717, 1.165) is 12.8 Å². The van der Waals surface area contributed by atoms with Gasteiger partial charge in [0.2, 0.25) is 10.0 Å². The van der Waals surface area contributed by atoms with Gasteiger partial charge >= 0.3 is 6.03 Å². The Hall–Kier alpha value is -0.860. The number of sulfonamides is 1. The Kier molecular flexibility index (Phi) is 6.62. The molecule has 0 atom stereocenters. The minimum atomic E-state index is -3.14. The van der Waals surface area contributed by atoms with E-state index in [9.17, 15) is 13.2 Å². The van der Waals surface area contributed by atoms with Crippen LogP contribution in [0.25, 0.3) is 0 Å². The number of carbonyl (C=O) groups is 1. The van der Waals surface area contributed by atoms with E-state index in [0.29, 0.717) is 32.4 Å². The van der Waals surface area contributed by atoms with E-state index >= 15 is 0 Å². The first-order valence-corrected chi connectivity index (χ1v) is 11.4. The quantitative estimate of drug-likeness (QED) is 0.670. The van der Waals surface area contributed by atoms with Gasteiger partial charge in [-0.2, -0.15) is 0 Å². The first kappa shape index (κ1) is 21.4. The average Bonchev–Trinajstić information content (AvgIpc) is 2.44. The lowest BCUT2D eigenvalue weighted by molar-refractivity contribution is 0.146. The van der Waals surface area contributed by atoms with Gasteiger partial charge in [-0.3, -0.25) is 0 Å². The van der Waals surface area contributed by atoms with Crippen LogP contribution in [0.15, 0.2) is 0 Å². The number of nitrogens with one attached hydrogen (secondary N) is 3. The molecule has 152 valence electrons. The number of piperidine rings is 2. The number of nitrogens with zero attached hydrogens (tertiary/aromatic N) is 1. The molecule has 2 aliphatic rings. The zero-order chi connectivity index (χ0) is 19.6. The zero-order valence-corrected chi connectivity index (χ0v) is 17.7. The largest absolute Gasteiger partial charge is 0.335 e. The monoisotopic (exact) mass is 388 g/mol. The van der Waals surface area contributed by atoms with Crippen molar-refractivity contribution < 1.29 is 13.2 Å². The Morgan fingerprint density at radius 1 is 1.04 bits per heavy atom. The summed E-state index contributed by atoms with van der Waals surface area (Å²) in [4.78, 5) is 12.4. The predicted molar refractivity (Wildman–Crippen MR) is 105 cm³/mol. The van der Waals surface area contributed by atoms with Crippen molar-refractivity contribution in [2.75, 3.05) is 18.8 Å². The minimum Gasteiger partial charge on any atom is -0.335 e. The summed E-state index contributed by atoms with van der Waals surface area (Å²) in [7, 11) is -3.14. The molecule has 2 aliphatic heterocycles. The zero-order valence-electron chi connectivity index (χ0n) is 16.9. The highest BCUT2D eigenvalue weighted by molar-refractivity contribution is 7.89. The Labute approximate surface area is 158 Å². The molecule has 26 heavy (non-hydrogen) atoms. The van der Waals surface area contributed by atoms with Gasteiger partial charge in [0.1, 0.15) is 0 Å². The summed E-state index contributed by atoms with van der Waals surface area (Å²) in [6, 6.07) is 0.0236. The molecule has 0 spiro atoms. The van der Waals surface area contributed by atoms with Gasteiger partial charge in [-0.15, -0.1) is 0 Å². The van der Waals surface area contributed by atoms with Gasteiger partial charge in [-0.1, -0.05) is 6.92 Å². The molecule has 2 heterocycles. The van der Waals surface area contributed by atoms with Crippen molar-refractivity contribution in [3.05, 3.63) is 0 Å². The summed E-state index contributed by atoms with van der Waals surface area (Å²) in [5.41, 5.74) is -0.0304. The number of hydrogen-bond donors (Lipinski definition) is 3. The molecule has 0 aliphatic carbocycles. The number of carbonyl (C=O) groups excluding carboxylic acids is 1. The van der Waals surface area contributed by atoms with Crippen LogP contribution in [0.3, 0.4) is 0 Å². The van der Waals surface area contributed by atoms with Crippen LogP contribution in [0.2, 0.25) is 0 Å². The molecule has 2 saturated heterocycles. The molecule has 2 rings (SSSR count). The van der Waals surface area contributed by atoms with Crippen LogP contribution >= 0.6 is 0 Å². The van der Waals surface area contributed by atoms with Crippen molar-refractivity contribution in [3.63, 3.8) is 0 Å². The summed E-state index contributed by atoms with van der Waals surface area (Å²) in [6.07, 6.45) is 3.74. The predicted octanol–water partition coefficient (Wildman–Crippen LogP) is 1.80. The molecule has 0 unspecified atom stereocenters. The molecule has 8 heteroatoms. The van der Waals surface area contributed by atoms with E-state index in [-0.39, 0.29) is 34.9 Å². The Balaban J connectivity index is 1.81. The number of hydrogen-bond acceptors (Lipinski definition) is 4. The second-order valence-electron chi connectivity index (χ2n) is 9.11. The summed E-state index contributed by atoms with van der Waals surface area (Å²) in [6.45, 7) is 11.5. The van der Waals surface area contributed by atoms with E-state index in [1.54, 1.807) is 4.31 Å². The van der Waals surface area contributed by atoms with Crippen LogP contribution in [-0.2, 0) is 10.0 Å².